The number of imidazole rings is 1. The molecule has 0 amide bonds. The molecule has 0 bridgehead atoms. The van der Waals surface area contributed by atoms with Gasteiger partial charge in [0.05, 0.1) is 16.4 Å². The van der Waals surface area contributed by atoms with Crippen molar-refractivity contribution < 1.29 is 0 Å². The van der Waals surface area contributed by atoms with Gasteiger partial charge in [0.15, 0.2) is 0 Å². The van der Waals surface area contributed by atoms with Gasteiger partial charge in [0.25, 0.3) is 0 Å². The van der Waals surface area contributed by atoms with E-state index in [0.29, 0.717) is 0 Å². The van der Waals surface area contributed by atoms with Crippen LogP contribution in [0.15, 0.2) is 18.2 Å². The first-order valence-electron chi connectivity index (χ1n) is 6.24. The van der Waals surface area contributed by atoms with E-state index in [1.807, 2.05) is 6.92 Å². The van der Waals surface area contributed by atoms with E-state index in [2.05, 4.69) is 53.7 Å². The summed E-state index contributed by atoms with van der Waals surface area (Å²) in [4.78, 5) is 6.81. The van der Waals surface area contributed by atoms with Gasteiger partial charge in [-0.25, -0.2) is 4.98 Å². The van der Waals surface area contributed by atoms with Crippen molar-refractivity contribution in [1.29, 1.82) is 0 Å². The van der Waals surface area contributed by atoms with Crippen molar-refractivity contribution in [2.24, 2.45) is 0 Å². The summed E-state index contributed by atoms with van der Waals surface area (Å²) < 4.78 is 2.24. The van der Waals surface area contributed by atoms with E-state index < -0.39 is 0 Å². The molecule has 1 aromatic carbocycles. The highest BCUT2D eigenvalue weighted by Crippen LogP contribution is 2.25. The summed E-state index contributed by atoms with van der Waals surface area (Å²) in [7, 11) is 4.16. The third-order valence-electron chi connectivity index (χ3n) is 3.06. The van der Waals surface area contributed by atoms with Crippen LogP contribution in [0, 0.1) is 6.92 Å². The number of aromatic nitrogens is 2. The molecule has 0 saturated carbocycles. The van der Waals surface area contributed by atoms with Gasteiger partial charge in [-0.05, 0) is 45.6 Å². The molecule has 2 aromatic rings. The maximum Gasteiger partial charge on any atom is 0.127 e. The van der Waals surface area contributed by atoms with Crippen LogP contribution >= 0.6 is 11.6 Å². The average molecular weight is 266 g/mol. The van der Waals surface area contributed by atoms with E-state index in [1.54, 1.807) is 0 Å². The van der Waals surface area contributed by atoms with Crippen molar-refractivity contribution in [2.75, 3.05) is 20.6 Å². The molecular formula is C14H20ClN3. The van der Waals surface area contributed by atoms with E-state index in [1.165, 1.54) is 11.1 Å². The zero-order valence-corrected chi connectivity index (χ0v) is 12.2. The second kappa shape index (κ2) is 5.29. The number of aryl methyl sites for hydroxylation is 1. The summed E-state index contributed by atoms with van der Waals surface area (Å²) in [6.07, 6.45) is 0. The zero-order valence-electron chi connectivity index (χ0n) is 11.4. The molecule has 18 heavy (non-hydrogen) atoms. The topological polar surface area (TPSA) is 21.1 Å². The molecule has 0 saturated heterocycles. The predicted octanol–water partition coefficient (Wildman–Crippen LogP) is 3.21. The van der Waals surface area contributed by atoms with Crippen molar-refractivity contribution in [1.82, 2.24) is 14.5 Å². The second-order valence-electron chi connectivity index (χ2n) is 5.03. The molecule has 3 nitrogen and oxygen atoms in total. The Bertz CT molecular complexity index is 543. The lowest BCUT2D eigenvalue weighted by molar-refractivity contribution is 0.383. The van der Waals surface area contributed by atoms with Gasteiger partial charge in [0.2, 0.25) is 0 Å². The number of rotatable bonds is 4. The zero-order chi connectivity index (χ0) is 13.3. The Balaban J connectivity index is 2.50. The van der Waals surface area contributed by atoms with Crippen LogP contribution in [0.1, 0.15) is 23.7 Å². The van der Waals surface area contributed by atoms with E-state index >= 15 is 0 Å². The fourth-order valence-electron chi connectivity index (χ4n) is 2.09. The van der Waals surface area contributed by atoms with Gasteiger partial charge in [0, 0.05) is 13.1 Å². The Labute approximate surface area is 113 Å². The quantitative estimate of drug-likeness (QED) is 0.792. The van der Waals surface area contributed by atoms with Gasteiger partial charge in [0.1, 0.15) is 5.82 Å². The first-order valence-corrected chi connectivity index (χ1v) is 6.68. The number of likely N-dealkylation sites (N-methyl/N-ethyl adjacent to an activating group) is 1. The maximum atomic E-state index is 6.24. The molecule has 1 aromatic heterocycles. The highest BCUT2D eigenvalue weighted by Gasteiger charge is 2.14. The third kappa shape index (κ3) is 2.68. The lowest BCUT2D eigenvalue weighted by Gasteiger charge is -2.14. The molecule has 0 aliphatic rings. The number of fused-ring (bicyclic) bond motifs is 1. The molecule has 0 spiro atoms. The number of nitrogens with zero attached hydrogens (tertiary/aromatic N) is 3. The van der Waals surface area contributed by atoms with Crippen LogP contribution in [-0.2, 0) is 6.54 Å². The minimum Gasteiger partial charge on any atom is -0.325 e. The summed E-state index contributed by atoms with van der Waals surface area (Å²) in [6.45, 7) is 5.98. The largest absolute Gasteiger partial charge is 0.325 e. The van der Waals surface area contributed by atoms with Gasteiger partial charge in [-0.2, -0.15) is 0 Å². The Morgan fingerprint density at radius 3 is 2.72 bits per heavy atom. The molecule has 0 N–H and O–H groups in total. The smallest absolute Gasteiger partial charge is 0.127 e. The van der Waals surface area contributed by atoms with Crippen molar-refractivity contribution in [3.63, 3.8) is 0 Å². The average Bonchev–Trinajstić information content (AvgIpc) is 2.64. The standard InChI is InChI=1S/C14H20ClN3/c1-10-5-6-12-13(9-10)18(8-7-17(3)4)14(16-12)11(2)15/h5-6,9,11H,7-8H2,1-4H3. The molecule has 1 atom stereocenters. The first-order chi connectivity index (χ1) is 8.49. The Morgan fingerprint density at radius 1 is 1.39 bits per heavy atom. The van der Waals surface area contributed by atoms with Crippen LogP contribution < -0.4 is 0 Å². The van der Waals surface area contributed by atoms with E-state index in [0.717, 1.165) is 24.4 Å². The van der Waals surface area contributed by atoms with Gasteiger partial charge < -0.3 is 9.47 Å². The number of hydrogen-bond donors (Lipinski definition) is 0. The summed E-state index contributed by atoms with van der Waals surface area (Å²) in [5, 5.41) is -0.0696. The van der Waals surface area contributed by atoms with Gasteiger partial charge >= 0.3 is 0 Å². The molecule has 4 heteroatoms. The van der Waals surface area contributed by atoms with Crippen LogP contribution in [0.5, 0.6) is 0 Å². The lowest BCUT2D eigenvalue weighted by atomic mass is 10.2. The molecule has 0 aliphatic heterocycles. The van der Waals surface area contributed by atoms with Crippen LogP contribution in [0.4, 0.5) is 0 Å². The van der Waals surface area contributed by atoms with E-state index in [4.69, 9.17) is 11.6 Å². The van der Waals surface area contributed by atoms with Crippen molar-refractivity contribution in [2.45, 2.75) is 25.8 Å². The number of alkyl halides is 1. The van der Waals surface area contributed by atoms with Gasteiger partial charge in [-0.3, -0.25) is 0 Å². The van der Waals surface area contributed by atoms with Crippen LogP contribution in [-0.4, -0.2) is 35.1 Å². The summed E-state index contributed by atoms with van der Waals surface area (Å²) in [5.41, 5.74) is 3.46. The fraction of sp³-hybridized carbons (Fsp3) is 0.500. The molecular weight excluding hydrogens is 246 g/mol. The summed E-state index contributed by atoms with van der Waals surface area (Å²) in [6, 6.07) is 6.34. The minimum atomic E-state index is -0.0696. The molecule has 98 valence electrons. The molecule has 1 unspecified atom stereocenters. The molecule has 2 rings (SSSR count). The van der Waals surface area contributed by atoms with Crippen LogP contribution in [0.3, 0.4) is 0 Å². The van der Waals surface area contributed by atoms with Crippen molar-refractivity contribution in [3.05, 3.63) is 29.6 Å². The molecule has 0 radical (unpaired) electrons. The first kappa shape index (κ1) is 13.4. The van der Waals surface area contributed by atoms with Crippen LogP contribution in [0.25, 0.3) is 11.0 Å². The Hall–Kier alpha value is -1.06. The normalized spacial score (nSPS) is 13.4. The highest BCUT2D eigenvalue weighted by molar-refractivity contribution is 6.20. The molecule has 1 heterocycles. The predicted molar refractivity (Wildman–Crippen MR) is 77.3 cm³/mol. The van der Waals surface area contributed by atoms with Crippen molar-refractivity contribution >= 4 is 22.6 Å². The SMILES string of the molecule is Cc1ccc2nc(C(C)Cl)n(CCN(C)C)c2c1. The highest BCUT2D eigenvalue weighted by atomic mass is 35.5. The third-order valence-corrected chi connectivity index (χ3v) is 3.26. The lowest BCUT2D eigenvalue weighted by Crippen LogP contribution is -2.19. The minimum absolute atomic E-state index is 0.0696. The summed E-state index contributed by atoms with van der Waals surface area (Å²) >= 11 is 6.24. The Kier molecular flexibility index (Phi) is 3.93. The van der Waals surface area contributed by atoms with Gasteiger partial charge in [-0.1, -0.05) is 6.07 Å². The van der Waals surface area contributed by atoms with Crippen LogP contribution in [0.2, 0.25) is 0 Å². The number of halogens is 1. The number of benzene rings is 1. The fourth-order valence-corrected chi connectivity index (χ4v) is 2.26. The molecule has 0 fully saturated rings. The molecule has 0 aliphatic carbocycles. The number of hydrogen-bond acceptors (Lipinski definition) is 2. The van der Waals surface area contributed by atoms with E-state index in [-0.39, 0.29) is 5.38 Å². The summed E-state index contributed by atoms with van der Waals surface area (Å²) in [5.74, 6) is 0.958. The van der Waals surface area contributed by atoms with E-state index in [9.17, 15) is 0 Å². The Morgan fingerprint density at radius 2 is 2.11 bits per heavy atom. The van der Waals surface area contributed by atoms with Gasteiger partial charge in [-0.15, -0.1) is 11.6 Å². The monoisotopic (exact) mass is 265 g/mol. The maximum absolute atomic E-state index is 6.24. The van der Waals surface area contributed by atoms with Crippen molar-refractivity contribution in [3.8, 4) is 0 Å². The second-order valence-corrected chi connectivity index (χ2v) is 5.69.